The van der Waals surface area contributed by atoms with Crippen LogP contribution < -0.4 is 5.46 Å². The van der Waals surface area contributed by atoms with Crippen LogP contribution in [0.3, 0.4) is 0 Å². The molecule has 0 fully saturated rings. The summed E-state index contributed by atoms with van der Waals surface area (Å²) in [4.78, 5) is 0. The maximum atomic E-state index is 9.23. The topological polar surface area (TPSA) is 40.5 Å². The lowest BCUT2D eigenvalue weighted by atomic mass is 9.77. The summed E-state index contributed by atoms with van der Waals surface area (Å²) in [7, 11) is -1.41. The lowest BCUT2D eigenvalue weighted by Crippen LogP contribution is -2.30. The van der Waals surface area contributed by atoms with E-state index in [2.05, 4.69) is 15.9 Å². The van der Waals surface area contributed by atoms with Crippen molar-refractivity contribution in [2.24, 2.45) is 0 Å². The van der Waals surface area contributed by atoms with Gasteiger partial charge in [0.1, 0.15) is 0 Å². The third-order valence-corrected chi connectivity index (χ3v) is 3.64. The van der Waals surface area contributed by atoms with Gasteiger partial charge in [-0.2, -0.15) is 0 Å². The van der Waals surface area contributed by atoms with Crippen LogP contribution in [0.25, 0.3) is 10.1 Å². The molecular formula is C9H8BBrO2S. The van der Waals surface area contributed by atoms with Gasteiger partial charge in [0.2, 0.25) is 0 Å². The van der Waals surface area contributed by atoms with Crippen molar-refractivity contribution in [1.29, 1.82) is 0 Å². The first kappa shape index (κ1) is 10.2. The van der Waals surface area contributed by atoms with E-state index >= 15 is 0 Å². The largest absolute Gasteiger partial charge is 0.489 e. The zero-order valence-electron chi connectivity index (χ0n) is 7.49. The second kappa shape index (κ2) is 3.66. The van der Waals surface area contributed by atoms with Gasteiger partial charge in [0.15, 0.2) is 0 Å². The number of halogens is 1. The van der Waals surface area contributed by atoms with E-state index in [1.165, 1.54) is 0 Å². The molecule has 14 heavy (non-hydrogen) atoms. The quantitative estimate of drug-likeness (QED) is 0.774. The normalized spacial score (nSPS) is 10.9. The first-order chi connectivity index (χ1) is 6.59. The lowest BCUT2D eigenvalue weighted by Gasteiger charge is -2.04. The highest BCUT2D eigenvalue weighted by molar-refractivity contribution is 9.10. The minimum Gasteiger partial charge on any atom is -0.423 e. The maximum absolute atomic E-state index is 9.23. The van der Waals surface area contributed by atoms with E-state index in [1.807, 2.05) is 18.4 Å². The van der Waals surface area contributed by atoms with E-state index in [1.54, 1.807) is 17.4 Å². The number of hydrogen-bond donors (Lipinski definition) is 2. The molecule has 1 heterocycles. The average molecular weight is 271 g/mol. The third kappa shape index (κ3) is 1.61. The molecule has 2 rings (SSSR count). The molecule has 1 aromatic carbocycles. The number of thiophene rings is 1. The first-order valence-electron chi connectivity index (χ1n) is 4.13. The molecule has 0 aliphatic carbocycles. The van der Waals surface area contributed by atoms with Crippen molar-refractivity contribution >= 4 is 49.9 Å². The number of hydrogen-bond acceptors (Lipinski definition) is 3. The van der Waals surface area contributed by atoms with E-state index in [0.29, 0.717) is 5.46 Å². The standard InChI is InChI=1S/C9H8BBrO2S/c1-5-4-14-8-3-6(11)2-7(9(5)8)10(12)13/h2-4,12-13H,1H3. The van der Waals surface area contributed by atoms with Crippen molar-refractivity contribution < 1.29 is 10.0 Å². The molecule has 1 aromatic heterocycles. The fourth-order valence-corrected chi connectivity index (χ4v) is 3.17. The van der Waals surface area contributed by atoms with Gasteiger partial charge in [-0.05, 0) is 40.8 Å². The van der Waals surface area contributed by atoms with Gasteiger partial charge in [0, 0.05) is 9.17 Å². The predicted molar refractivity (Wildman–Crippen MR) is 64.1 cm³/mol. The zero-order chi connectivity index (χ0) is 10.3. The van der Waals surface area contributed by atoms with Gasteiger partial charge in [-0.1, -0.05) is 15.9 Å². The molecule has 0 spiro atoms. The van der Waals surface area contributed by atoms with Crippen molar-refractivity contribution in [3.05, 3.63) is 27.5 Å². The van der Waals surface area contributed by atoms with E-state index < -0.39 is 7.12 Å². The molecule has 0 saturated carbocycles. The minimum absolute atomic E-state index is 0.563. The Hall–Kier alpha value is -0.355. The van der Waals surface area contributed by atoms with Gasteiger partial charge in [-0.3, -0.25) is 0 Å². The number of fused-ring (bicyclic) bond motifs is 1. The molecule has 2 N–H and O–H groups in total. The number of benzene rings is 1. The molecule has 2 nitrogen and oxygen atoms in total. The fraction of sp³-hybridized carbons (Fsp3) is 0.111. The van der Waals surface area contributed by atoms with E-state index in [9.17, 15) is 10.0 Å². The molecule has 5 heteroatoms. The van der Waals surface area contributed by atoms with Gasteiger partial charge < -0.3 is 10.0 Å². The number of aryl methyl sites for hydroxylation is 1. The summed E-state index contributed by atoms with van der Waals surface area (Å²) in [6.45, 7) is 1.97. The Morgan fingerprint density at radius 2 is 2.07 bits per heavy atom. The van der Waals surface area contributed by atoms with Crippen LogP contribution in [-0.2, 0) is 0 Å². The summed E-state index contributed by atoms with van der Waals surface area (Å²) in [5.41, 5.74) is 1.65. The molecule has 0 radical (unpaired) electrons. The van der Waals surface area contributed by atoms with Crippen LogP contribution in [0.2, 0.25) is 0 Å². The van der Waals surface area contributed by atoms with E-state index in [-0.39, 0.29) is 0 Å². The fourth-order valence-electron chi connectivity index (χ4n) is 1.53. The first-order valence-corrected chi connectivity index (χ1v) is 5.80. The summed E-state index contributed by atoms with van der Waals surface area (Å²) >= 11 is 4.95. The third-order valence-electron chi connectivity index (χ3n) is 2.13. The second-order valence-corrected chi connectivity index (χ2v) is 4.99. The van der Waals surface area contributed by atoms with Crippen molar-refractivity contribution in [3.8, 4) is 0 Å². The Labute approximate surface area is 94.5 Å². The predicted octanol–water partition coefficient (Wildman–Crippen LogP) is 1.65. The Morgan fingerprint density at radius 1 is 1.36 bits per heavy atom. The van der Waals surface area contributed by atoms with Crippen molar-refractivity contribution in [3.63, 3.8) is 0 Å². The smallest absolute Gasteiger partial charge is 0.423 e. The van der Waals surface area contributed by atoms with Crippen LogP contribution in [0.4, 0.5) is 0 Å². The minimum atomic E-state index is -1.41. The second-order valence-electron chi connectivity index (χ2n) is 3.16. The van der Waals surface area contributed by atoms with Crippen LogP contribution in [0, 0.1) is 6.92 Å². The van der Waals surface area contributed by atoms with Gasteiger partial charge >= 0.3 is 7.12 Å². The van der Waals surface area contributed by atoms with E-state index in [4.69, 9.17) is 0 Å². The SMILES string of the molecule is Cc1csc2cc(Br)cc(B(O)O)c12. The highest BCUT2D eigenvalue weighted by atomic mass is 79.9. The summed E-state index contributed by atoms with van der Waals surface area (Å²) in [5.74, 6) is 0. The Bertz CT molecular complexity index is 481. The van der Waals surface area contributed by atoms with Crippen LogP contribution >= 0.6 is 27.3 Å². The molecule has 72 valence electrons. The summed E-state index contributed by atoms with van der Waals surface area (Å²) in [5, 5.41) is 21.4. The Kier molecular flexibility index (Phi) is 2.66. The highest BCUT2D eigenvalue weighted by Gasteiger charge is 2.17. The van der Waals surface area contributed by atoms with E-state index in [0.717, 1.165) is 20.1 Å². The molecule has 2 aromatic rings. The summed E-state index contributed by atoms with van der Waals surface area (Å²) in [6, 6.07) is 3.73. The molecule has 0 aliphatic heterocycles. The molecule has 0 unspecified atom stereocenters. The van der Waals surface area contributed by atoms with Gasteiger partial charge in [0.05, 0.1) is 0 Å². The van der Waals surface area contributed by atoms with Crippen LogP contribution in [0.15, 0.2) is 22.0 Å². The molecule has 0 bridgehead atoms. The van der Waals surface area contributed by atoms with Crippen LogP contribution in [-0.4, -0.2) is 17.2 Å². The van der Waals surface area contributed by atoms with Gasteiger partial charge in [-0.25, -0.2) is 0 Å². The van der Waals surface area contributed by atoms with Crippen molar-refractivity contribution in [2.45, 2.75) is 6.92 Å². The zero-order valence-corrected chi connectivity index (χ0v) is 9.89. The Balaban J connectivity index is 2.83. The highest BCUT2D eigenvalue weighted by Crippen LogP contribution is 2.26. The Morgan fingerprint density at radius 3 is 2.71 bits per heavy atom. The number of rotatable bonds is 1. The lowest BCUT2D eigenvalue weighted by molar-refractivity contribution is 0.426. The molecule has 0 aliphatic rings. The van der Waals surface area contributed by atoms with Gasteiger partial charge in [-0.15, -0.1) is 11.3 Å². The van der Waals surface area contributed by atoms with Crippen LogP contribution in [0.1, 0.15) is 5.56 Å². The molecular weight excluding hydrogens is 263 g/mol. The summed E-state index contributed by atoms with van der Waals surface area (Å²) in [6.07, 6.45) is 0. The van der Waals surface area contributed by atoms with Crippen LogP contribution in [0.5, 0.6) is 0 Å². The van der Waals surface area contributed by atoms with Crippen molar-refractivity contribution in [1.82, 2.24) is 0 Å². The molecule has 0 saturated heterocycles. The van der Waals surface area contributed by atoms with Crippen molar-refractivity contribution in [2.75, 3.05) is 0 Å². The molecule has 0 atom stereocenters. The van der Waals surface area contributed by atoms with Gasteiger partial charge in [0.25, 0.3) is 0 Å². The average Bonchev–Trinajstić information content (AvgIpc) is 2.46. The summed E-state index contributed by atoms with van der Waals surface area (Å²) < 4.78 is 1.94. The molecule has 0 amide bonds. The maximum Gasteiger partial charge on any atom is 0.489 e. The monoisotopic (exact) mass is 270 g/mol.